The van der Waals surface area contributed by atoms with Crippen LogP contribution in [0.5, 0.6) is 11.5 Å². The molecule has 156 valence electrons. The summed E-state index contributed by atoms with van der Waals surface area (Å²) < 4.78 is 10.7. The maximum atomic E-state index is 12.2. The Kier molecular flexibility index (Phi) is 5.26. The van der Waals surface area contributed by atoms with Crippen molar-refractivity contribution in [3.8, 4) is 17.6 Å². The van der Waals surface area contributed by atoms with Gasteiger partial charge >= 0.3 is 0 Å². The number of nitrogens with zero attached hydrogens (tertiary/aromatic N) is 1. The number of nitrogens with one attached hydrogen (secondary N) is 1. The Morgan fingerprint density at radius 1 is 1.13 bits per heavy atom. The standard InChI is InChI=1S/C25H23N3O3/c1-14-4-7-17-18-8-6-16(11-15-5-9-21(30-2)22(12-15)31-3)23(19(13-26)25(27)29)24(18)28-20(17)10-14/h4-5,7,9-12,28H,6,8H2,1-3H3,(H2,27,29)/b16-11+,23-19-. The average molecular weight is 413 g/mol. The molecule has 1 aliphatic carbocycles. The second kappa shape index (κ2) is 8.04. The van der Waals surface area contributed by atoms with Crippen molar-refractivity contribution < 1.29 is 14.3 Å². The van der Waals surface area contributed by atoms with Gasteiger partial charge in [-0.3, -0.25) is 4.79 Å². The fourth-order valence-corrected chi connectivity index (χ4v) is 4.20. The molecule has 0 saturated heterocycles. The third-order valence-corrected chi connectivity index (χ3v) is 5.63. The minimum atomic E-state index is -0.738. The molecule has 0 fully saturated rings. The van der Waals surface area contributed by atoms with Crippen LogP contribution in [0.25, 0.3) is 22.6 Å². The molecule has 31 heavy (non-hydrogen) atoms. The second-order valence-electron chi connectivity index (χ2n) is 7.54. The summed E-state index contributed by atoms with van der Waals surface area (Å²) in [6.45, 7) is 2.03. The number of carbonyl (C=O) groups excluding carboxylic acids is 1. The number of allylic oxidation sites excluding steroid dienone is 2. The van der Waals surface area contributed by atoms with Crippen LogP contribution in [0.3, 0.4) is 0 Å². The van der Waals surface area contributed by atoms with Gasteiger partial charge in [-0.2, -0.15) is 5.26 Å². The minimum Gasteiger partial charge on any atom is -0.493 e. The monoisotopic (exact) mass is 413 g/mol. The Labute approximate surface area is 180 Å². The molecular formula is C25H23N3O3. The lowest BCUT2D eigenvalue weighted by molar-refractivity contribution is -0.114. The highest BCUT2D eigenvalue weighted by Gasteiger charge is 2.27. The van der Waals surface area contributed by atoms with E-state index in [0.717, 1.165) is 45.3 Å². The summed E-state index contributed by atoms with van der Waals surface area (Å²) in [5.74, 6) is 0.501. The van der Waals surface area contributed by atoms with Gasteiger partial charge in [-0.25, -0.2) is 0 Å². The molecule has 1 heterocycles. The predicted octanol–water partition coefficient (Wildman–Crippen LogP) is 4.29. The smallest absolute Gasteiger partial charge is 0.260 e. The van der Waals surface area contributed by atoms with Crippen LogP contribution in [0.1, 0.15) is 28.8 Å². The van der Waals surface area contributed by atoms with E-state index in [0.29, 0.717) is 23.5 Å². The Balaban J connectivity index is 1.94. The number of nitriles is 1. The van der Waals surface area contributed by atoms with Gasteiger partial charge in [-0.05, 0) is 60.2 Å². The predicted molar refractivity (Wildman–Crippen MR) is 121 cm³/mol. The third kappa shape index (κ3) is 3.55. The molecule has 0 spiro atoms. The number of ether oxygens (including phenoxy) is 2. The summed E-state index contributed by atoms with van der Waals surface area (Å²) in [6.07, 6.45) is 3.44. The van der Waals surface area contributed by atoms with Crippen LogP contribution in [-0.4, -0.2) is 25.1 Å². The average Bonchev–Trinajstić information content (AvgIpc) is 3.12. The van der Waals surface area contributed by atoms with Crippen molar-refractivity contribution in [1.29, 1.82) is 5.26 Å². The number of hydrogen-bond acceptors (Lipinski definition) is 4. The van der Waals surface area contributed by atoms with Crippen LogP contribution >= 0.6 is 0 Å². The summed E-state index contributed by atoms with van der Waals surface area (Å²) in [4.78, 5) is 15.6. The molecule has 0 atom stereocenters. The van der Waals surface area contributed by atoms with Gasteiger partial charge in [0.15, 0.2) is 11.5 Å². The number of primary amides is 1. The van der Waals surface area contributed by atoms with Crippen LogP contribution in [0.4, 0.5) is 0 Å². The van der Waals surface area contributed by atoms with E-state index in [1.807, 2.05) is 37.3 Å². The molecule has 0 radical (unpaired) electrons. The minimum absolute atomic E-state index is 0.0454. The van der Waals surface area contributed by atoms with Gasteiger partial charge in [-0.15, -0.1) is 0 Å². The van der Waals surface area contributed by atoms with Gasteiger partial charge in [0, 0.05) is 16.5 Å². The molecule has 3 aromatic rings. The molecule has 1 amide bonds. The van der Waals surface area contributed by atoms with Crippen molar-refractivity contribution in [2.45, 2.75) is 19.8 Å². The highest BCUT2D eigenvalue weighted by molar-refractivity contribution is 6.10. The Bertz CT molecular complexity index is 1310. The van der Waals surface area contributed by atoms with Gasteiger partial charge < -0.3 is 20.2 Å². The van der Waals surface area contributed by atoms with Crippen molar-refractivity contribution in [3.05, 3.63) is 69.9 Å². The zero-order valence-electron chi connectivity index (χ0n) is 17.7. The van der Waals surface area contributed by atoms with E-state index in [4.69, 9.17) is 15.2 Å². The summed E-state index contributed by atoms with van der Waals surface area (Å²) in [5, 5.41) is 10.8. The highest BCUT2D eigenvalue weighted by Crippen LogP contribution is 2.41. The molecule has 0 bridgehead atoms. The van der Waals surface area contributed by atoms with E-state index in [1.54, 1.807) is 14.2 Å². The number of fused-ring (bicyclic) bond motifs is 3. The van der Waals surface area contributed by atoms with E-state index in [9.17, 15) is 10.1 Å². The van der Waals surface area contributed by atoms with Crippen molar-refractivity contribution in [2.24, 2.45) is 5.73 Å². The molecule has 6 nitrogen and oxygen atoms in total. The number of rotatable bonds is 4. The Morgan fingerprint density at radius 2 is 1.90 bits per heavy atom. The summed E-state index contributed by atoms with van der Waals surface area (Å²) in [5.41, 5.74) is 11.9. The lowest BCUT2D eigenvalue weighted by Crippen LogP contribution is -2.17. The molecule has 1 aromatic heterocycles. The molecular weight excluding hydrogens is 390 g/mol. The van der Waals surface area contributed by atoms with E-state index in [2.05, 4.69) is 23.2 Å². The number of methoxy groups -OCH3 is 2. The molecule has 3 N–H and O–H groups in total. The van der Waals surface area contributed by atoms with E-state index in [-0.39, 0.29) is 5.57 Å². The first-order chi connectivity index (χ1) is 15.0. The van der Waals surface area contributed by atoms with Crippen LogP contribution in [0, 0.1) is 18.3 Å². The normalized spacial score (nSPS) is 16.0. The van der Waals surface area contributed by atoms with Crippen LogP contribution in [0.15, 0.2) is 47.5 Å². The zero-order valence-corrected chi connectivity index (χ0v) is 17.7. The number of H-pyrrole nitrogens is 1. The SMILES string of the molecule is COc1ccc(/C=C2\CCc3c([nH]c4cc(C)ccc34)\C2=C(\C#N)C(N)=O)cc1OC. The van der Waals surface area contributed by atoms with Gasteiger partial charge in [0.05, 0.1) is 19.9 Å². The van der Waals surface area contributed by atoms with Gasteiger partial charge in [0.2, 0.25) is 0 Å². The fraction of sp³-hybridized carbons (Fsp3) is 0.200. The number of amides is 1. The molecule has 0 aliphatic heterocycles. The zero-order chi connectivity index (χ0) is 22.1. The van der Waals surface area contributed by atoms with Crippen molar-refractivity contribution in [1.82, 2.24) is 4.98 Å². The first kappa shape index (κ1) is 20.3. The van der Waals surface area contributed by atoms with Gasteiger partial charge in [0.25, 0.3) is 5.91 Å². The lowest BCUT2D eigenvalue weighted by atomic mass is 9.83. The van der Waals surface area contributed by atoms with Crippen molar-refractivity contribution >= 4 is 28.5 Å². The number of hydrogen-bond donors (Lipinski definition) is 2. The molecule has 2 aromatic carbocycles. The maximum Gasteiger partial charge on any atom is 0.260 e. The van der Waals surface area contributed by atoms with Gasteiger partial charge in [-0.1, -0.05) is 24.3 Å². The van der Waals surface area contributed by atoms with Crippen LogP contribution in [-0.2, 0) is 11.2 Å². The Morgan fingerprint density at radius 3 is 2.58 bits per heavy atom. The molecule has 4 rings (SSSR count). The van der Waals surface area contributed by atoms with E-state index in [1.165, 1.54) is 0 Å². The number of aromatic amines is 1. The van der Waals surface area contributed by atoms with Crippen molar-refractivity contribution in [3.63, 3.8) is 0 Å². The maximum absolute atomic E-state index is 12.2. The van der Waals surface area contributed by atoms with Gasteiger partial charge in [0.1, 0.15) is 11.6 Å². The number of carbonyl (C=O) groups is 1. The molecule has 1 aliphatic rings. The lowest BCUT2D eigenvalue weighted by Gasteiger charge is -2.20. The topological polar surface area (TPSA) is 101 Å². The number of benzene rings is 2. The number of nitrogens with two attached hydrogens (primary N) is 1. The van der Waals surface area contributed by atoms with Crippen molar-refractivity contribution in [2.75, 3.05) is 14.2 Å². The first-order valence-corrected chi connectivity index (χ1v) is 9.95. The summed E-state index contributed by atoms with van der Waals surface area (Å²) >= 11 is 0. The fourth-order valence-electron chi connectivity index (χ4n) is 4.20. The van der Waals surface area contributed by atoms with Crippen LogP contribution < -0.4 is 15.2 Å². The third-order valence-electron chi connectivity index (χ3n) is 5.63. The second-order valence-corrected chi connectivity index (χ2v) is 7.54. The molecule has 0 unspecified atom stereocenters. The van der Waals surface area contributed by atoms with Crippen LogP contribution in [0.2, 0.25) is 0 Å². The summed E-state index contributed by atoms with van der Waals surface area (Å²) in [7, 11) is 3.17. The number of aryl methyl sites for hydroxylation is 2. The highest BCUT2D eigenvalue weighted by atomic mass is 16.5. The summed E-state index contributed by atoms with van der Waals surface area (Å²) in [6, 6.07) is 13.8. The largest absolute Gasteiger partial charge is 0.493 e. The number of aromatic nitrogens is 1. The quantitative estimate of drug-likeness (QED) is 0.492. The molecule has 0 saturated carbocycles. The first-order valence-electron chi connectivity index (χ1n) is 9.95. The molecule has 6 heteroatoms. The Hall–Kier alpha value is -3.98. The van der Waals surface area contributed by atoms with E-state index < -0.39 is 5.91 Å². The van der Waals surface area contributed by atoms with E-state index >= 15 is 0 Å².